The topological polar surface area (TPSA) is 92.9 Å². The lowest BCUT2D eigenvalue weighted by molar-refractivity contribution is -0.154. The second-order valence-electron chi connectivity index (χ2n) is 5.51. The number of nitrogens with two attached hydrogens (primary N) is 1. The Bertz CT molecular complexity index is 520. The van der Waals surface area contributed by atoms with E-state index in [0.717, 1.165) is 5.56 Å². The van der Waals surface area contributed by atoms with E-state index in [2.05, 4.69) is 0 Å². The number of nitrogens with zero attached hydrogens (tertiary/aromatic N) is 1. The summed E-state index contributed by atoms with van der Waals surface area (Å²) in [7, 11) is 1.29. The molecule has 22 heavy (non-hydrogen) atoms. The average Bonchev–Trinajstić information content (AvgIpc) is 3.03. The zero-order valence-electron chi connectivity index (χ0n) is 12.6. The van der Waals surface area contributed by atoms with E-state index in [9.17, 15) is 14.7 Å². The highest BCUT2D eigenvalue weighted by Gasteiger charge is 2.38. The monoisotopic (exact) mass is 306 g/mol. The van der Waals surface area contributed by atoms with E-state index in [-0.39, 0.29) is 0 Å². The number of esters is 1. The molecule has 1 aromatic carbocycles. The summed E-state index contributed by atoms with van der Waals surface area (Å²) < 4.78 is 4.70. The van der Waals surface area contributed by atoms with E-state index in [1.54, 1.807) is 0 Å². The van der Waals surface area contributed by atoms with E-state index in [0.29, 0.717) is 25.8 Å². The van der Waals surface area contributed by atoms with Crippen LogP contribution in [0.2, 0.25) is 0 Å². The molecule has 1 aliphatic heterocycles. The largest absolute Gasteiger partial charge is 0.467 e. The first-order chi connectivity index (χ1) is 10.5. The van der Waals surface area contributed by atoms with E-state index >= 15 is 0 Å². The standard InChI is InChI=1S/C16H22N2O4/c1-22-16(21)13-8-5-9-18(13)15(20)14(19)12(17)10-11-6-3-2-4-7-11/h2-4,6-7,12-14,19H,5,8-10,17H2,1H3/t12-,13+,14+/m1/s1. The van der Waals surface area contributed by atoms with Gasteiger partial charge in [0, 0.05) is 12.6 Å². The molecule has 120 valence electrons. The number of aliphatic hydroxyl groups is 1. The summed E-state index contributed by atoms with van der Waals surface area (Å²) >= 11 is 0. The number of carbonyl (C=O) groups excluding carboxylic acids is 2. The fourth-order valence-electron chi connectivity index (χ4n) is 2.76. The summed E-state index contributed by atoms with van der Waals surface area (Å²) in [4.78, 5) is 25.5. The fraction of sp³-hybridized carbons (Fsp3) is 0.500. The summed E-state index contributed by atoms with van der Waals surface area (Å²) in [5.41, 5.74) is 6.91. The third-order valence-electron chi connectivity index (χ3n) is 3.98. The molecule has 1 aromatic rings. The number of carbonyl (C=O) groups is 2. The van der Waals surface area contributed by atoms with Gasteiger partial charge in [0.2, 0.25) is 0 Å². The Hall–Kier alpha value is -1.92. The molecule has 1 saturated heterocycles. The van der Waals surface area contributed by atoms with Gasteiger partial charge in [0.1, 0.15) is 12.1 Å². The van der Waals surface area contributed by atoms with Crippen molar-refractivity contribution in [1.82, 2.24) is 4.90 Å². The van der Waals surface area contributed by atoms with Gasteiger partial charge in [0.25, 0.3) is 5.91 Å². The number of methoxy groups -OCH3 is 1. The Labute approximate surface area is 129 Å². The minimum atomic E-state index is -1.33. The van der Waals surface area contributed by atoms with Crippen LogP contribution in [0.5, 0.6) is 0 Å². The molecule has 3 atom stereocenters. The molecule has 3 N–H and O–H groups in total. The molecule has 1 amide bonds. The van der Waals surface area contributed by atoms with Crippen molar-refractivity contribution in [3.8, 4) is 0 Å². The van der Waals surface area contributed by atoms with Crippen LogP contribution in [0.1, 0.15) is 18.4 Å². The molecule has 0 saturated carbocycles. The van der Waals surface area contributed by atoms with Gasteiger partial charge in [-0.15, -0.1) is 0 Å². The molecule has 1 fully saturated rings. The van der Waals surface area contributed by atoms with Crippen molar-refractivity contribution in [2.45, 2.75) is 37.5 Å². The minimum absolute atomic E-state index is 0.393. The Morgan fingerprint density at radius 2 is 2.09 bits per heavy atom. The lowest BCUT2D eigenvalue weighted by Crippen LogP contribution is -2.52. The van der Waals surface area contributed by atoms with Crippen molar-refractivity contribution in [3.63, 3.8) is 0 Å². The maximum absolute atomic E-state index is 12.4. The molecule has 1 heterocycles. The number of likely N-dealkylation sites (tertiary alicyclic amines) is 1. The predicted octanol–water partition coefficient (Wildman–Crippen LogP) is 0.0813. The summed E-state index contributed by atoms with van der Waals surface area (Å²) in [5, 5.41) is 10.2. The van der Waals surface area contributed by atoms with Crippen molar-refractivity contribution in [3.05, 3.63) is 35.9 Å². The van der Waals surface area contributed by atoms with Crippen molar-refractivity contribution >= 4 is 11.9 Å². The zero-order valence-corrected chi connectivity index (χ0v) is 12.6. The van der Waals surface area contributed by atoms with E-state index in [1.807, 2.05) is 30.3 Å². The van der Waals surface area contributed by atoms with Crippen molar-refractivity contribution in [1.29, 1.82) is 0 Å². The third kappa shape index (κ3) is 3.64. The molecule has 0 bridgehead atoms. The molecule has 0 spiro atoms. The fourth-order valence-corrected chi connectivity index (χ4v) is 2.76. The quantitative estimate of drug-likeness (QED) is 0.752. The van der Waals surface area contributed by atoms with Crippen LogP contribution in [0, 0.1) is 0 Å². The molecule has 6 nitrogen and oxygen atoms in total. The number of ether oxygens (including phenoxy) is 1. The smallest absolute Gasteiger partial charge is 0.328 e. The Morgan fingerprint density at radius 3 is 2.73 bits per heavy atom. The highest BCUT2D eigenvalue weighted by Crippen LogP contribution is 2.20. The predicted molar refractivity (Wildman–Crippen MR) is 80.9 cm³/mol. The van der Waals surface area contributed by atoms with Crippen LogP contribution in [0.25, 0.3) is 0 Å². The van der Waals surface area contributed by atoms with Crippen LogP contribution < -0.4 is 5.73 Å². The molecule has 1 aliphatic rings. The molecule has 0 unspecified atom stereocenters. The number of benzene rings is 1. The highest BCUT2D eigenvalue weighted by molar-refractivity contribution is 5.87. The zero-order chi connectivity index (χ0) is 16.1. The number of amides is 1. The first-order valence-corrected chi connectivity index (χ1v) is 7.40. The molecule has 2 rings (SSSR count). The average molecular weight is 306 g/mol. The van der Waals surface area contributed by atoms with Crippen LogP contribution in [-0.2, 0) is 20.7 Å². The minimum Gasteiger partial charge on any atom is -0.467 e. The van der Waals surface area contributed by atoms with Crippen molar-refractivity contribution < 1.29 is 19.4 Å². The van der Waals surface area contributed by atoms with Gasteiger partial charge in [-0.3, -0.25) is 4.79 Å². The van der Waals surface area contributed by atoms with Gasteiger partial charge in [-0.25, -0.2) is 4.79 Å². The molecular formula is C16H22N2O4. The van der Waals surface area contributed by atoms with E-state index in [4.69, 9.17) is 10.5 Å². The van der Waals surface area contributed by atoms with Gasteiger partial charge in [-0.05, 0) is 24.8 Å². The van der Waals surface area contributed by atoms with Crippen LogP contribution in [0.15, 0.2) is 30.3 Å². The van der Waals surface area contributed by atoms with Gasteiger partial charge in [0.15, 0.2) is 0 Å². The number of aliphatic hydroxyl groups excluding tert-OH is 1. The number of hydrogen-bond donors (Lipinski definition) is 2. The normalized spacial score (nSPS) is 20.5. The third-order valence-corrected chi connectivity index (χ3v) is 3.98. The Morgan fingerprint density at radius 1 is 1.41 bits per heavy atom. The SMILES string of the molecule is COC(=O)[C@@H]1CCCN1C(=O)[C@@H](O)[C@H](N)Cc1ccccc1. The molecular weight excluding hydrogens is 284 g/mol. The first-order valence-electron chi connectivity index (χ1n) is 7.40. The van der Waals surface area contributed by atoms with Gasteiger partial charge in [-0.1, -0.05) is 30.3 Å². The molecule has 6 heteroatoms. The lowest BCUT2D eigenvalue weighted by Gasteiger charge is -2.27. The van der Waals surface area contributed by atoms with Crippen LogP contribution in [0.4, 0.5) is 0 Å². The molecule has 0 radical (unpaired) electrons. The summed E-state index contributed by atoms with van der Waals surface area (Å²) in [6, 6.07) is 8.11. The van der Waals surface area contributed by atoms with E-state index in [1.165, 1.54) is 12.0 Å². The lowest BCUT2D eigenvalue weighted by atomic mass is 10.0. The maximum Gasteiger partial charge on any atom is 0.328 e. The van der Waals surface area contributed by atoms with E-state index < -0.39 is 30.1 Å². The Balaban J connectivity index is 2.00. The van der Waals surface area contributed by atoms with Crippen molar-refractivity contribution in [2.24, 2.45) is 5.73 Å². The Kier molecular flexibility index (Phi) is 5.51. The van der Waals surface area contributed by atoms with Crippen molar-refractivity contribution in [2.75, 3.05) is 13.7 Å². The summed E-state index contributed by atoms with van der Waals surface area (Å²) in [6.45, 7) is 0.438. The van der Waals surface area contributed by atoms with Gasteiger partial charge in [0.05, 0.1) is 7.11 Å². The molecule has 0 aromatic heterocycles. The number of hydrogen-bond acceptors (Lipinski definition) is 5. The second kappa shape index (κ2) is 7.38. The van der Waals surface area contributed by atoms with Crippen LogP contribution >= 0.6 is 0 Å². The first kappa shape index (κ1) is 16.5. The van der Waals surface area contributed by atoms with Gasteiger partial charge < -0.3 is 20.5 Å². The van der Waals surface area contributed by atoms with Crippen LogP contribution in [0.3, 0.4) is 0 Å². The maximum atomic E-state index is 12.4. The van der Waals surface area contributed by atoms with Gasteiger partial charge in [-0.2, -0.15) is 0 Å². The summed E-state index contributed by atoms with van der Waals surface area (Å²) in [6.07, 6.45) is 0.334. The highest BCUT2D eigenvalue weighted by atomic mass is 16.5. The van der Waals surface area contributed by atoms with Crippen LogP contribution in [-0.4, -0.2) is 53.7 Å². The molecule has 0 aliphatic carbocycles. The van der Waals surface area contributed by atoms with Gasteiger partial charge >= 0.3 is 5.97 Å². The number of rotatable bonds is 5. The second-order valence-corrected chi connectivity index (χ2v) is 5.51. The summed E-state index contributed by atoms with van der Waals surface area (Å²) in [5.74, 6) is -0.953.